The summed E-state index contributed by atoms with van der Waals surface area (Å²) < 4.78 is 11.7. The first-order valence-electron chi connectivity index (χ1n) is 5.47. The first-order valence-corrected chi connectivity index (χ1v) is 6.26. The molecule has 1 aromatic carbocycles. The van der Waals surface area contributed by atoms with E-state index >= 15 is 0 Å². The highest BCUT2D eigenvalue weighted by Gasteiger charge is 2.13. The van der Waals surface area contributed by atoms with Crippen molar-refractivity contribution in [2.24, 2.45) is 0 Å². The van der Waals surface area contributed by atoms with E-state index in [-0.39, 0.29) is 0 Å². The van der Waals surface area contributed by atoms with E-state index in [1.165, 1.54) is 0 Å². The average molecular weight is 286 g/mol. The van der Waals surface area contributed by atoms with Crippen molar-refractivity contribution in [1.82, 2.24) is 0 Å². The zero-order valence-electron chi connectivity index (χ0n) is 9.33. The van der Waals surface area contributed by atoms with Crippen molar-refractivity contribution in [3.05, 3.63) is 22.7 Å². The van der Waals surface area contributed by atoms with Gasteiger partial charge < -0.3 is 14.8 Å². The summed E-state index contributed by atoms with van der Waals surface area (Å²) in [6.45, 7) is 1.68. The highest BCUT2D eigenvalue weighted by atomic mass is 79.9. The van der Waals surface area contributed by atoms with Gasteiger partial charge in [0.05, 0.1) is 13.7 Å². The third-order valence-corrected chi connectivity index (χ3v) is 3.10. The highest BCUT2D eigenvalue weighted by Crippen LogP contribution is 2.25. The fourth-order valence-electron chi connectivity index (χ4n) is 1.85. The number of halogens is 1. The number of anilines is 1. The number of hydrogen-bond acceptors (Lipinski definition) is 3. The molecule has 0 amide bonds. The quantitative estimate of drug-likeness (QED) is 0.926. The molecule has 1 atom stereocenters. The zero-order chi connectivity index (χ0) is 11.4. The van der Waals surface area contributed by atoms with Crippen molar-refractivity contribution in [3.8, 4) is 5.75 Å². The van der Waals surface area contributed by atoms with Crippen molar-refractivity contribution < 1.29 is 9.47 Å². The number of rotatable bonds is 3. The van der Waals surface area contributed by atoms with E-state index in [0.29, 0.717) is 6.04 Å². The Hall–Kier alpha value is -0.740. The molecule has 0 aromatic heterocycles. The second kappa shape index (κ2) is 5.55. The lowest BCUT2D eigenvalue weighted by molar-refractivity contribution is 0.0876. The Balaban J connectivity index is 2.04. The van der Waals surface area contributed by atoms with Crippen LogP contribution in [0.4, 0.5) is 5.69 Å². The van der Waals surface area contributed by atoms with E-state index in [2.05, 4.69) is 27.3 Å². The molecule has 3 nitrogen and oxygen atoms in total. The van der Waals surface area contributed by atoms with Gasteiger partial charge in [-0.3, -0.25) is 0 Å². The molecule has 1 heterocycles. The summed E-state index contributed by atoms with van der Waals surface area (Å²) in [5.74, 6) is 0.855. The Morgan fingerprint density at radius 3 is 3.00 bits per heavy atom. The summed E-state index contributed by atoms with van der Waals surface area (Å²) >= 11 is 3.47. The van der Waals surface area contributed by atoms with E-state index in [0.717, 1.165) is 42.0 Å². The predicted molar refractivity (Wildman–Crippen MR) is 68.2 cm³/mol. The van der Waals surface area contributed by atoms with Crippen LogP contribution in [0.5, 0.6) is 5.75 Å². The van der Waals surface area contributed by atoms with Crippen molar-refractivity contribution in [2.45, 2.75) is 18.9 Å². The fourth-order valence-corrected chi connectivity index (χ4v) is 2.33. The largest absolute Gasteiger partial charge is 0.497 e. The van der Waals surface area contributed by atoms with Crippen LogP contribution in [-0.2, 0) is 4.74 Å². The third kappa shape index (κ3) is 3.12. The predicted octanol–water partition coefficient (Wildman–Crippen LogP) is 3.05. The van der Waals surface area contributed by atoms with Gasteiger partial charge in [-0.2, -0.15) is 0 Å². The summed E-state index contributed by atoms with van der Waals surface area (Å²) in [4.78, 5) is 0. The van der Waals surface area contributed by atoms with Crippen LogP contribution in [0.15, 0.2) is 22.7 Å². The lowest BCUT2D eigenvalue weighted by Gasteiger charge is -2.24. The van der Waals surface area contributed by atoms with E-state index < -0.39 is 0 Å². The molecule has 0 radical (unpaired) electrons. The molecule has 1 aromatic rings. The van der Waals surface area contributed by atoms with Crippen LogP contribution in [0, 0.1) is 0 Å². The second-order valence-corrected chi connectivity index (χ2v) is 4.85. The van der Waals surface area contributed by atoms with Crippen LogP contribution < -0.4 is 10.1 Å². The van der Waals surface area contributed by atoms with E-state index in [1.54, 1.807) is 7.11 Å². The molecule has 0 bridgehead atoms. The number of benzene rings is 1. The zero-order valence-corrected chi connectivity index (χ0v) is 10.9. The minimum Gasteiger partial charge on any atom is -0.497 e. The number of nitrogens with one attached hydrogen (secondary N) is 1. The Morgan fingerprint density at radius 1 is 1.44 bits per heavy atom. The van der Waals surface area contributed by atoms with Gasteiger partial charge >= 0.3 is 0 Å². The van der Waals surface area contributed by atoms with E-state index in [9.17, 15) is 0 Å². The molecule has 88 valence electrons. The Morgan fingerprint density at radius 2 is 2.31 bits per heavy atom. The van der Waals surface area contributed by atoms with Crippen LogP contribution in [0.3, 0.4) is 0 Å². The number of hydrogen-bond donors (Lipinski definition) is 1. The molecule has 1 aliphatic heterocycles. The molecule has 1 saturated heterocycles. The molecule has 16 heavy (non-hydrogen) atoms. The fraction of sp³-hybridized carbons (Fsp3) is 0.500. The first-order chi connectivity index (χ1) is 7.78. The van der Waals surface area contributed by atoms with Gasteiger partial charge in [-0.05, 0) is 25.0 Å². The van der Waals surface area contributed by atoms with Crippen LogP contribution >= 0.6 is 15.9 Å². The average Bonchev–Trinajstić information content (AvgIpc) is 2.29. The molecule has 0 spiro atoms. The maximum absolute atomic E-state index is 5.44. The van der Waals surface area contributed by atoms with Gasteiger partial charge in [0.25, 0.3) is 0 Å². The second-order valence-electron chi connectivity index (χ2n) is 3.94. The van der Waals surface area contributed by atoms with Crippen LogP contribution in [0.2, 0.25) is 0 Å². The third-order valence-electron chi connectivity index (χ3n) is 2.64. The van der Waals surface area contributed by atoms with E-state index in [4.69, 9.17) is 9.47 Å². The Labute approximate surface area is 104 Å². The standard InChI is InChI=1S/C12H16BrNO2/c1-15-12-6-9(13)5-11(7-12)14-10-3-2-4-16-8-10/h5-7,10,14H,2-4,8H2,1H3. The molecular weight excluding hydrogens is 270 g/mol. The van der Waals surface area contributed by atoms with Crippen LogP contribution in [0.1, 0.15) is 12.8 Å². The summed E-state index contributed by atoms with van der Waals surface area (Å²) in [6.07, 6.45) is 2.29. The molecule has 0 saturated carbocycles. The summed E-state index contributed by atoms with van der Waals surface area (Å²) in [7, 11) is 1.68. The molecule has 1 fully saturated rings. The minimum atomic E-state index is 0.410. The topological polar surface area (TPSA) is 30.5 Å². The van der Waals surface area contributed by atoms with Gasteiger partial charge in [0.2, 0.25) is 0 Å². The monoisotopic (exact) mass is 285 g/mol. The smallest absolute Gasteiger partial charge is 0.122 e. The summed E-state index contributed by atoms with van der Waals surface area (Å²) in [6, 6.07) is 6.41. The lowest BCUT2D eigenvalue weighted by atomic mass is 10.1. The summed E-state index contributed by atoms with van der Waals surface area (Å²) in [5.41, 5.74) is 1.07. The van der Waals surface area contributed by atoms with Crippen molar-refractivity contribution in [2.75, 3.05) is 25.6 Å². The normalized spacial score (nSPS) is 20.5. The van der Waals surface area contributed by atoms with Gasteiger partial charge in [-0.15, -0.1) is 0 Å². The van der Waals surface area contributed by atoms with E-state index in [1.807, 2.05) is 12.1 Å². The van der Waals surface area contributed by atoms with Crippen molar-refractivity contribution in [1.29, 1.82) is 0 Å². The highest BCUT2D eigenvalue weighted by molar-refractivity contribution is 9.10. The molecular formula is C12H16BrNO2. The minimum absolute atomic E-state index is 0.410. The maximum atomic E-state index is 5.44. The molecule has 4 heteroatoms. The van der Waals surface area contributed by atoms with Gasteiger partial charge in [-0.1, -0.05) is 15.9 Å². The van der Waals surface area contributed by atoms with Gasteiger partial charge in [0.15, 0.2) is 0 Å². The van der Waals surface area contributed by atoms with Crippen LogP contribution in [0.25, 0.3) is 0 Å². The maximum Gasteiger partial charge on any atom is 0.122 e. The number of methoxy groups -OCH3 is 1. The molecule has 1 unspecified atom stereocenters. The Kier molecular flexibility index (Phi) is 4.07. The molecule has 1 aliphatic rings. The molecule has 2 rings (SSSR count). The van der Waals surface area contributed by atoms with Gasteiger partial charge in [0.1, 0.15) is 5.75 Å². The molecule has 0 aliphatic carbocycles. The number of ether oxygens (including phenoxy) is 2. The van der Waals surface area contributed by atoms with Crippen LogP contribution in [-0.4, -0.2) is 26.4 Å². The van der Waals surface area contributed by atoms with Crippen molar-refractivity contribution in [3.63, 3.8) is 0 Å². The molecule has 1 N–H and O–H groups in total. The first kappa shape index (κ1) is 11.7. The Bertz CT molecular complexity index is 351. The lowest BCUT2D eigenvalue weighted by Crippen LogP contribution is -2.29. The summed E-state index contributed by atoms with van der Waals surface area (Å²) in [5, 5.41) is 3.46. The van der Waals surface area contributed by atoms with Gasteiger partial charge in [0, 0.05) is 28.9 Å². The van der Waals surface area contributed by atoms with Crippen molar-refractivity contribution >= 4 is 21.6 Å². The SMILES string of the molecule is COc1cc(Br)cc(NC2CCCOC2)c1. The van der Waals surface area contributed by atoms with Gasteiger partial charge in [-0.25, -0.2) is 0 Å².